The molecule has 0 spiro atoms. The van der Waals surface area contributed by atoms with Crippen molar-refractivity contribution in [3.8, 4) is 11.5 Å². The molecule has 0 saturated carbocycles. The molecule has 1 unspecified atom stereocenters. The van der Waals surface area contributed by atoms with Crippen LogP contribution in [0.5, 0.6) is 11.5 Å². The lowest BCUT2D eigenvalue weighted by atomic mass is 9.94. The maximum Gasteiger partial charge on any atom is 0.255 e. The average Bonchev–Trinajstić information content (AvgIpc) is 3.40. The molecule has 1 aliphatic heterocycles. The quantitative estimate of drug-likeness (QED) is 0.179. The van der Waals surface area contributed by atoms with Crippen molar-refractivity contribution in [2.45, 2.75) is 58.8 Å². The number of aromatic nitrogens is 3. The van der Waals surface area contributed by atoms with Gasteiger partial charge in [-0.1, -0.05) is 67.2 Å². The van der Waals surface area contributed by atoms with Gasteiger partial charge in [-0.05, 0) is 74.6 Å². The molecule has 218 valence electrons. The summed E-state index contributed by atoms with van der Waals surface area (Å²) < 4.78 is 14.0. The Morgan fingerprint density at radius 2 is 1.81 bits per heavy atom. The third-order valence-electron chi connectivity index (χ3n) is 7.19. The van der Waals surface area contributed by atoms with E-state index in [2.05, 4.69) is 17.6 Å². The van der Waals surface area contributed by atoms with Crippen LogP contribution in [0.1, 0.15) is 55.5 Å². The summed E-state index contributed by atoms with van der Waals surface area (Å²) in [6.07, 6.45) is 1.01. The molecule has 1 atom stereocenters. The lowest BCUT2D eigenvalue weighted by molar-refractivity contribution is -0.113. The number of amides is 1. The molecule has 5 rings (SSSR count). The highest BCUT2D eigenvalue weighted by Gasteiger charge is 2.35. The van der Waals surface area contributed by atoms with Gasteiger partial charge in [0.1, 0.15) is 12.6 Å². The summed E-state index contributed by atoms with van der Waals surface area (Å²) in [6.45, 7) is 10.9. The van der Waals surface area contributed by atoms with Gasteiger partial charge in [-0.15, -0.1) is 5.10 Å². The highest BCUT2D eigenvalue weighted by Crippen LogP contribution is 2.40. The van der Waals surface area contributed by atoms with Crippen molar-refractivity contribution in [1.29, 1.82) is 0 Å². The molecule has 0 radical (unpaired) electrons. The maximum atomic E-state index is 14.0. The molecule has 0 aliphatic carbocycles. The van der Waals surface area contributed by atoms with Crippen molar-refractivity contribution in [2.75, 3.05) is 23.0 Å². The van der Waals surface area contributed by atoms with Crippen LogP contribution in [0.25, 0.3) is 0 Å². The number of nitrogens with zero attached hydrogens (tertiary/aromatic N) is 3. The summed E-state index contributed by atoms with van der Waals surface area (Å²) in [5.74, 6) is 2.55. The Bertz CT molecular complexity index is 1600. The van der Waals surface area contributed by atoms with Crippen LogP contribution in [0.3, 0.4) is 0 Å². The standard InChI is InChI=1S/C33H37N5O3S/c1-6-18-42-33-36-32-34-23(5)29(31(39)35-26-15-11-12-21(3)22(26)4)30(38(32)37-33)25-16-17-27(28(19-25)40-7-2)41-20-24-13-9-8-10-14-24/h8-17,19,30H,6-7,18,20H2,1-5H3,(H,35,39)(H,34,36,37). The fourth-order valence-corrected chi connectivity index (χ4v) is 5.57. The summed E-state index contributed by atoms with van der Waals surface area (Å²) in [6, 6.07) is 21.2. The number of hydrogen-bond acceptors (Lipinski definition) is 7. The second-order valence-electron chi connectivity index (χ2n) is 10.2. The normalized spacial score (nSPS) is 14.3. The molecule has 3 aromatic carbocycles. The second kappa shape index (κ2) is 13.2. The van der Waals surface area contributed by atoms with Crippen LogP contribution >= 0.6 is 11.8 Å². The molecule has 2 heterocycles. The van der Waals surface area contributed by atoms with Gasteiger partial charge in [0.15, 0.2) is 11.5 Å². The van der Waals surface area contributed by atoms with Crippen molar-refractivity contribution in [3.05, 3.63) is 100 Å². The fraction of sp³-hybridized carbons (Fsp3) is 0.303. The predicted molar refractivity (Wildman–Crippen MR) is 168 cm³/mol. The fourth-order valence-electron chi connectivity index (χ4n) is 4.88. The van der Waals surface area contributed by atoms with E-state index in [0.29, 0.717) is 41.4 Å². The van der Waals surface area contributed by atoms with Gasteiger partial charge in [0.25, 0.3) is 5.91 Å². The molecular formula is C33H37N5O3S. The van der Waals surface area contributed by atoms with Crippen LogP contribution < -0.4 is 20.1 Å². The van der Waals surface area contributed by atoms with E-state index < -0.39 is 6.04 Å². The molecule has 42 heavy (non-hydrogen) atoms. The third kappa shape index (κ3) is 6.31. The number of thioether (sulfide) groups is 1. The van der Waals surface area contributed by atoms with Gasteiger partial charge in [-0.2, -0.15) is 4.98 Å². The first kappa shape index (κ1) is 29.3. The minimum absolute atomic E-state index is 0.204. The Balaban J connectivity index is 1.54. The van der Waals surface area contributed by atoms with E-state index in [0.717, 1.165) is 45.8 Å². The van der Waals surface area contributed by atoms with E-state index in [1.807, 2.05) is 94.4 Å². The van der Waals surface area contributed by atoms with Gasteiger partial charge in [0, 0.05) is 17.1 Å². The molecule has 9 heteroatoms. The van der Waals surface area contributed by atoms with Crippen LogP contribution in [-0.2, 0) is 11.4 Å². The number of rotatable bonds is 11. The summed E-state index contributed by atoms with van der Waals surface area (Å²) in [5, 5.41) is 12.0. The first-order valence-electron chi connectivity index (χ1n) is 14.3. The average molecular weight is 584 g/mol. The molecule has 1 aromatic heterocycles. The van der Waals surface area contributed by atoms with Gasteiger partial charge in [0.2, 0.25) is 11.1 Å². The second-order valence-corrected chi connectivity index (χ2v) is 11.3. The van der Waals surface area contributed by atoms with Gasteiger partial charge >= 0.3 is 0 Å². The Labute approximate surface area is 251 Å². The zero-order valence-corrected chi connectivity index (χ0v) is 25.5. The van der Waals surface area contributed by atoms with Crippen LogP contribution in [0.2, 0.25) is 0 Å². The Morgan fingerprint density at radius 1 is 1.00 bits per heavy atom. The zero-order valence-electron chi connectivity index (χ0n) is 24.7. The topological polar surface area (TPSA) is 90.3 Å². The first-order valence-corrected chi connectivity index (χ1v) is 15.3. The molecule has 4 aromatic rings. The van der Waals surface area contributed by atoms with Crippen molar-refractivity contribution in [3.63, 3.8) is 0 Å². The van der Waals surface area contributed by atoms with Crippen LogP contribution in [-0.4, -0.2) is 33.0 Å². The van der Waals surface area contributed by atoms with E-state index in [1.165, 1.54) is 0 Å². The van der Waals surface area contributed by atoms with Crippen LogP contribution in [0.15, 0.2) is 83.2 Å². The van der Waals surface area contributed by atoms with E-state index in [9.17, 15) is 4.79 Å². The highest BCUT2D eigenvalue weighted by atomic mass is 32.2. The summed E-state index contributed by atoms with van der Waals surface area (Å²) >= 11 is 1.60. The molecule has 0 saturated heterocycles. The summed E-state index contributed by atoms with van der Waals surface area (Å²) in [5.41, 5.74) is 6.11. The van der Waals surface area contributed by atoms with Crippen molar-refractivity contribution in [2.24, 2.45) is 0 Å². The highest BCUT2D eigenvalue weighted by molar-refractivity contribution is 7.99. The number of aryl methyl sites for hydroxylation is 1. The number of ether oxygens (including phenoxy) is 2. The van der Waals surface area contributed by atoms with E-state index in [1.54, 1.807) is 16.4 Å². The van der Waals surface area contributed by atoms with Gasteiger partial charge < -0.3 is 20.1 Å². The van der Waals surface area contributed by atoms with Gasteiger partial charge in [0.05, 0.1) is 12.2 Å². The minimum atomic E-state index is -0.530. The molecule has 8 nitrogen and oxygen atoms in total. The number of anilines is 2. The summed E-state index contributed by atoms with van der Waals surface area (Å²) in [7, 11) is 0. The van der Waals surface area contributed by atoms with Crippen molar-refractivity contribution >= 4 is 29.3 Å². The Morgan fingerprint density at radius 3 is 2.57 bits per heavy atom. The largest absolute Gasteiger partial charge is 0.490 e. The zero-order chi connectivity index (χ0) is 29.6. The molecule has 2 N–H and O–H groups in total. The minimum Gasteiger partial charge on any atom is -0.490 e. The van der Waals surface area contributed by atoms with E-state index in [4.69, 9.17) is 19.6 Å². The SMILES string of the molecule is CCCSc1nc2n(n1)C(c1ccc(OCc3ccccc3)c(OCC)c1)C(C(=O)Nc1cccc(C)c1C)=C(C)N2. The number of carbonyl (C=O) groups is 1. The number of hydrogen-bond donors (Lipinski definition) is 2. The smallest absolute Gasteiger partial charge is 0.255 e. The Kier molecular flexibility index (Phi) is 9.17. The third-order valence-corrected chi connectivity index (χ3v) is 8.23. The monoisotopic (exact) mass is 583 g/mol. The number of nitrogens with one attached hydrogen (secondary N) is 2. The Hall–Kier alpha value is -4.24. The predicted octanol–water partition coefficient (Wildman–Crippen LogP) is 7.30. The number of allylic oxidation sites excluding steroid dienone is 1. The molecule has 0 fully saturated rings. The van der Waals surface area contributed by atoms with Crippen LogP contribution in [0.4, 0.5) is 11.6 Å². The summed E-state index contributed by atoms with van der Waals surface area (Å²) in [4.78, 5) is 18.8. The maximum absolute atomic E-state index is 14.0. The first-order chi connectivity index (χ1) is 20.4. The van der Waals surface area contributed by atoms with E-state index >= 15 is 0 Å². The van der Waals surface area contributed by atoms with Gasteiger partial charge in [-0.25, -0.2) is 4.68 Å². The van der Waals surface area contributed by atoms with Gasteiger partial charge in [-0.3, -0.25) is 4.79 Å². The van der Waals surface area contributed by atoms with E-state index in [-0.39, 0.29) is 5.91 Å². The van der Waals surface area contributed by atoms with Crippen LogP contribution in [0, 0.1) is 13.8 Å². The molecule has 1 aliphatic rings. The lowest BCUT2D eigenvalue weighted by Gasteiger charge is -2.29. The number of benzene rings is 3. The number of carbonyl (C=O) groups excluding carboxylic acids is 1. The lowest BCUT2D eigenvalue weighted by Crippen LogP contribution is -2.31. The molecule has 0 bridgehead atoms. The van der Waals surface area contributed by atoms with Crippen molar-refractivity contribution < 1.29 is 14.3 Å². The molecular weight excluding hydrogens is 546 g/mol. The number of fused-ring (bicyclic) bond motifs is 1. The molecule has 1 amide bonds. The van der Waals surface area contributed by atoms with Crippen molar-refractivity contribution in [1.82, 2.24) is 14.8 Å².